The summed E-state index contributed by atoms with van der Waals surface area (Å²) in [6.45, 7) is -0.483. The molecule has 2 rings (SSSR count). The van der Waals surface area contributed by atoms with Crippen molar-refractivity contribution in [3.63, 3.8) is 0 Å². The maximum absolute atomic E-state index is 13.0. The SMILES string of the molecule is COc1ccc(N(CC(=O)NN)S(=O)(=O)c2ccccc2)cc1OC. The zero-order valence-corrected chi connectivity index (χ0v) is 14.6. The average molecular weight is 365 g/mol. The molecule has 0 aliphatic carbocycles. The predicted octanol–water partition coefficient (Wildman–Crippen LogP) is 0.889. The summed E-state index contributed by atoms with van der Waals surface area (Å²) >= 11 is 0. The van der Waals surface area contributed by atoms with Gasteiger partial charge in [-0.2, -0.15) is 0 Å². The van der Waals surface area contributed by atoms with E-state index < -0.39 is 22.5 Å². The number of hydrogen-bond donors (Lipinski definition) is 2. The number of anilines is 1. The molecule has 2 aromatic carbocycles. The molecule has 0 aromatic heterocycles. The largest absolute Gasteiger partial charge is 0.493 e. The highest BCUT2D eigenvalue weighted by atomic mass is 32.2. The first-order valence-corrected chi connectivity index (χ1v) is 8.67. The van der Waals surface area contributed by atoms with Crippen LogP contribution >= 0.6 is 0 Å². The van der Waals surface area contributed by atoms with Crippen LogP contribution in [0.4, 0.5) is 5.69 Å². The molecule has 0 aliphatic heterocycles. The normalized spacial score (nSPS) is 10.8. The molecule has 0 spiro atoms. The third kappa shape index (κ3) is 4.01. The van der Waals surface area contributed by atoms with Gasteiger partial charge in [-0.3, -0.25) is 14.5 Å². The highest BCUT2D eigenvalue weighted by molar-refractivity contribution is 7.92. The van der Waals surface area contributed by atoms with Crippen LogP contribution in [-0.4, -0.2) is 35.1 Å². The summed E-state index contributed by atoms with van der Waals surface area (Å²) in [7, 11) is -1.08. The number of rotatable bonds is 7. The Morgan fingerprint density at radius 3 is 2.28 bits per heavy atom. The zero-order valence-electron chi connectivity index (χ0n) is 13.8. The summed E-state index contributed by atoms with van der Waals surface area (Å²) in [5.41, 5.74) is 2.18. The smallest absolute Gasteiger partial charge is 0.264 e. The van der Waals surface area contributed by atoms with Crippen LogP contribution in [0.1, 0.15) is 0 Å². The second-order valence-corrected chi connectivity index (χ2v) is 6.79. The van der Waals surface area contributed by atoms with Crippen LogP contribution in [0.2, 0.25) is 0 Å². The molecule has 1 amide bonds. The van der Waals surface area contributed by atoms with E-state index in [0.29, 0.717) is 11.5 Å². The molecule has 0 fully saturated rings. The van der Waals surface area contributed by atoms with Gasteiger partial charge >= 0.3 is 0 Å². The van der Waals surface area contributed by atoms with Crippen molar-refractivity contribution in [3.8, 4) is 11.5 Å². The lowest BCUT2D eigenvalue weighted by Crippen LogP contribution is -2.43. The summed E-state index contributed by atoms with van der Waals surface area (Å²) in [5, 5.41) is 0. The number of methoxy groups -OCH3 is 2. The molecule has 0 unspecified atom stereocenters. The fourth-order valence-electron chi connectivity index (χ4n) is 2.19. The van der Waals surface area contributed by atoms with Crippen LogP contribution in [0.15, 0.2) is 53.4 Å². The Hall–Kier alpha value is -2.78. The Morgan fingerprint density at radius 2 is 1.72 bits per heavy atom. The molecule has 0 heterocycles. The summed E-state index contributed by atoms with van der Waals surface area (Å²) in [6.07, 6.45) is 0. The Labute approximate surface area is 146 Å². The Morgan fingerprint density at radius 1 is 1.08 bits per heavy atom. The van der Waals surface area contributed by atoms with Gasteiger partial charge in [-0.05, 0) is 24.3 Å². The van der Waals surface area contributed by atoms with Gasteiger partial charge in [-0.1, -0.05) is 18.2 Å². The van der Waals surface area contributed by atoms with Gasteiger partial charge in [0, 0.05) is 6.07 Å². The molecular formula is C16H19N3O5S. The van der Waals surface area contributed by atoms with E-state index in [4.69, 9.17) is 15.3 Å². The highest BCUT2D eigenvalue weighted by Crippen LogP contribution is 2.33. The van der Waals surface area contributed by atoms with Crippen LogP contribution in [0, 0.1) is 0 Å². The lowest BCUT2D eigenvalue weighted by atomic mass is 10.2. The lowest BCUT2D eigenvalue weighted by Gasteiger charge is -2.24. The van der Waals surface area contributed by atoms with Crippen LogP contribution in [-0.2, 0) is 14.8 Å². The van der Waals surface area contributed by atoms with Gasteiger partial charge in [0.05, 0.1) is 24.8 Å². The number of amides is 1. The summed E-state index contributed by atoms with van der Waals surface area (Å²) in [6, 6.07) is 12.3. The summed E-state index contributed by atoms with van der Waals surface area (Å²) < 4.78 is 37.2. The predicted molar refractivity (Wildman–Crippen MR) is 92.8 cm³/mol. The Kier molecular flexibility index (Phi) is 5.84. The van der Waals surface area contributed by atoms with E-state index in [2.05, 4.69) is 0 Å². The summed E-state index contributed by atoms with van der Waals surface area (Å²) in [4.78, 5) is 11.8. The highest BCUT2D eigenvalue weighted by Gasteiger charge is 2.27. The topological polar surface area (TPSA) is 111 Å². The van der Waals surface area contributed by atoms with E-state index in [0.717, 1.165) is 4.31 Å². The minimum absolute atomic E-state index is 0.0506. The minimum atomic E-state index is -3.98. The van der Waals surface area contributed by atoms with Crippen LogP contribution in [0.25, 0.3) is 0 Å². The van der Waals surface area contributed by atoms with Crippen molar-refractivity contribution in [2.24, 2.45) is 5.84 Å². The van der Waals surface area contributed by atoms with E-state index in [1.54, 1.807) is 24.3 Å². The molecule has 8 nitrogen and oxygen atoms in total. The van der Waals surface area contributed by atoms with Gasteiger partial charge < -0.3 is 9.47 Å². The number of carbonyl (C=O) groups excluding carboxylic acids is 1. The number of nitrogens with zero attached hydrogens (tertiary/aromatic N) is 1. The van der Waals surface area contributed by atoms with Gasteiger partial charge in [-0.15, -0.1) is 0 Å². The molecule has 0 aliphatic rings. The number of hydrogen-bond acceptors (Lipinski definition) is 6. The van der Waals surface area contributed by atoms with Gasteiger partial charge in [0.2, 0.25) is 0 Å². The minimum Gasteiger partial charge on any atom is -0.493 e. The second kappa shape index (κ2) is 7.86. The first-order valence-electron chi connectivity index (χ1n) is 7.23. The van der Waals surface area contributed by atoms with E-state index in [-0.39, 0.29) is 10.6 Å². The van der Waals surface area contributed by atoms with Crippen molar-refractivity contribution in [2.45, 2.75) is 4.90 Å². The first-order chi connectivity index (χ1) is 11.9. The van der Waals surface area contributed by atoms with Gasteiger partial charge in [0.25, 0.3) is 15.9 Å². The van der Waals surface area contributed by atoms with Crippen LogP contribution in [0.3, 0.4) is 0 Å². The number of benzene rings is 2. The van der Waals surface area contributed by atoms with Crippen molar-refractivity contribution in [1.29, 1.82) is 0 Å². The molecule has 25 heavy (non-hydrogen) atoms. The third-order valence-corrected chi connectivity index (χ3v) is 5.22. The Bertz CT molecular complexity index is 840. The fourth-order valence-corrected chi connectivity index (χ4v) is 3.62. The van der Waals surface area contributed by atoms with E-state index in [1.807, 2.05) is 5.43 Å². The zero-order chi connectivity index (χ0) is 18.4. The van der Waals surface area contributed by atoms with Crippen molar-refractivity contribution < 1.29 is 22.7 Å². The number of carbonyl (C=O) groups is 1. The molecule has 2 aromatic rings. The first kappa shape index (κ1) is 18.6. The lowest BCUT2D eigenvalue weighted by molar-refractivity contribution is -0.119. The molecule has 0 saturated carbocycles. The van der Waals surface area contributed by atoms with Crippen molar-refractivity contribution in [1.82, 2.24) is 5.43 Å². The van der Waals surface area contributed by atoms with Gasteiger partial charge in [-0.25, -0.2) is 14.3 Å². The van der Waals surface area contributed by atoms with E-state index >= 15 is 0 Å². The molecular weight excluding hydrogens is 346 g/mol. The van der Waals surface area contributed by atoms with Crippen LogP contribution in [0.5, 0.6) is 11.5 Å². The standard InChI is InChI=1S/C16H19N3O5S/c1-23-14-9-8-12(10-15(14)24-2)19(11-16(20)18-17)25(21,22)13-6-4-3-5-7-13/h3-10H,11,17H2,1-2H3,(H,18,20). The van der Waals surface area contributed by atoms with Gasteiger partial charge in [0.15, 0.2) is 11.5 Å². The van der Waals surface area contributed by atoms with E-state index in [1.165, 1.54) is 38.5 Å². The van der Waals surface area contributed by atoms with Crippen molar-refractivity contribution in [3.05, 3.63) is 48.5 Å². The average Bonchev–Trinajstić information content (AvgIpc) is 2.65. The van der Waals surface area contributed by atoms with Crippen LogP contribution < -0.4 is 25.0 Å². The van der Waals surface area contributed by atoms with E-state index in [9.17, 15) is 13.2 Å². The van der Waals surface area contributed by atoms with Crippen molar-refractivity contribution in [2.75, 3.05) is 25.1 Å². The molecule has 3 N–H and O–H groups in total. The maximum Gasteiger partial charge on any atom is 0.264 e. The molecule has 0 radical (unpaired) electrons. The maximum atomic E-state index is 13.0. The monoisotopic (exact) mass is 365 g/mol. The molecule has 0 saturated heterocycles. The number of nitrogens with two attached hydrogens (primary N) is 1. The van der Waals surface area contributed by atoms with Gasteiger partial charge in [0.1, 0.15) is 6.54 Å². The summed E-state index contributed by atoms with van der Waals surface area (Å²) in [5.74, 6) is 5.23. The Balaban J connectivity index is 2.55. The molecule has 0 bridgehead atoms. The molecule has 0 atom stereocenters. The number of ether oxygens (including phenoxy) is 2. The van der Waals surface area contributed by atoms with Crippen molar-refractivity contribution >= 4 is 21.6 Å². The number of sulfonamides is 1. The fraction of sp³-hybridized carbons (Fsp3) is 0.188. The number of nitrogens with one attached hydrogen (secondary N) is 1. The third-order valence-electron chi connectivity index (χ3n) is 3.43. The second-order valence-electron chi connectivity index (χ2n) is 4.93. The quantitative estimate of drug-likeness (QED) is 0.428. The molecule has 134 valence electrons. The molecule has 9 heteroatoms. The number of hydrazine groups is 1.